The lowest BCUT2D eigenvalue weighted by Crippen LogP contribution is -2.09. The smallest absolute Gasteiger partial charge is 0.114 e. The Morgan fingerprint density at radius 1 is 0.515 bits per heavy atom. The maximum Gasteiger partial charge on any atom is 0.114 e. The highest BCUT2D eigenvalue weighted by molar-refractivity contribution is 7.13. The van der Waals surface area contributed by atoms with E-state index in [4.69, 9.17) is 0 Å². The van der Waals surface area contributed by atoms with Gasteiger partial charge in [0.25, 0.3) is 0 Å². The summed E-state index contributed by atoms with van der Waals surface area (Å²) in [5, 5.41) is 2.10. The molecule has 0 fully saturated rings. The van der Waals surface area contributed by atoms with Gasteiger partial charge in [-0.2, -0.15) is 8.75 Å². The highest BCUT2D eigenvalue weighted by Crippen LogP contribution is 2.38. The van der Waals surface area contributed by atoms with Gasteiger partial charge in [-0.15, -0.1) is 11.3 Å². The van der Waals surface area contributed by atoms with Crippen LogP contribution in [0.1, 0.15) is 0 Å². The Hall–Kier alpha value is -3.80. The quantitative estimate of drug-likeness (QED) is 0.257. The minimum atomic E-state index is 0.960. The lowest BCUT2D eigenvalue weighted by Gasteiger charge is -2.25. The molecule has 0 aliphatic carbocycles. The molecule has 2 heterocycles. The number of hydrogen-bond acceptors (Lipinski definition) is 5. The average molecular weight is 462 g/mol. The Morgan fingerprint density at radius 3 is 1.70 bits per heavy atom. The molecular weight excluding hydrogens is 442 g/mol. The first-order chi connectivity index (χ1) is 16.4. The number of aromatic nitrogens is 2. The van der Waals surface area contributed by atoms with Crippen LogP contribution in [-0.4, -0.2) is 8.75 Å². The lowest BCUT2D eigenvalue weighted by molar-refractivity contribution is 1.28. The molecule has 5 heteroatoms. The summed E-state index contributed by atoms with van der Waals surface area (Å²) in [5.41, 5.74) is 8.69. The zero-order valence-corrected chi connectivity index (χ0v) is 19.3. The van der Waals surface area contributed by atoms with E-state index in [-0.39, 0.29) is 0 Å². The van der Waals surface area contributed by atoms with E-state index < -0.39 is 0 Å². The van der Waals surface area contributed by atoms with Crippen LogP contribution in [-0.2, 0) is 0 Å². The number of benzene rings is 4. The second kappa shape index (κ2) is 8.62. The fourth-order valence-corrected chi connectivity index (χ4v) is 5.45. The van der Waals surface area contributed by atoms with Crippen LogP contribution >= 0.6 is 23.1 Å². The molecule has 0 radical (unpaired) electrons. The molecule has 0 amide bonds. The van der Waals surface area contributed by atoms with Gasteiger partial charge >= 0.3 is 0 Å². The third kappa shape index (κ3) is 3.71. The molecule has 0 unspecified atom stereocenters. The maximum atomic E-state index is 4.64. The van der Waals surface area contributed by atoms with Gasteiger partial charge < -0.3 is 4.90 Å². The number of anilines is 3. The maximum absolute atomic E-state index is 4.64. The predicted octanol–water partition coefficient (Wildman–Crippen LogP) is 8.56. The van der Waals surface area contributed by atoms with Gasteiger partial charge in [0.15, 0.2) is 0 Å². The predicted molar refractivity (Wildman–Crippen MR) is 141 cm³/mol. The highest BCUT2D eigenvalue weighted by Gasteiger charge is 2.15. The Kier molecular flexibility index (Phi) is 5.19. The van der Waals surface area contributed by atoms with Gasteiger partial charge in [-0.25, -0.2) is 0 Å². The molecule has 158 valence electrons. The van der Waals surface area contributed by atoms with Crippen molar-refractivity contribution in [3.8, 4) is 21.6 Å². The fraction of sp³-hybridized carbons (Fsp3) is 0. The second-order valence-corrected chi connectivity index (χ2v) is 9.13. The van der Waals surface area contributed by atoms with Gasteiger partial charge in [0, 0.05) is 33.1 Å². The van der Waals surface area contributed by atoms with Crippen molar-refractivity contribution in [2.75, 3.05) is 4.90 Å². The standard InChI is InChI=1S/C28H19N3S2/c1-3-8-21(9-4-1)31(22-10-5-2-6-11-22)23-15-13-20(14-16-23)24-17-18-25(26-12-7-19-32-26)28-27(24)29-33-30-28/h1-19H. The molecular formula is C28H19N3S2. The third-order valence-electron chi connectivity index (χ3n) is 5.67. The van der Waals surface area contributed by atoms with E-state index in [0.29, 0.717) is 0 Å². The van der Waals surface area contributed by atoms with E-state index in [9.17, 15) is 0 Å². The molecule has 3 nitrogen and oxygen atoms in total. The molecule has 0 atom stereocenters. The first-order valence-electron chi connectivity index (χ1n) is 10.7. The van der Waals surface area contributed by atoms with Crippen LogP contribution in [0.4, 0.5) is 17.1 Å². The third-order valence-corrected chi connectivity index (χ3v) is 7.10. The van der Waals surface area contributed by atoms with E-state index in [0.717, 1.165) is 44.8 Å². The van der Waals surface area contributed by atoms with E-state index in [1.807, 2.05) is 12.1 Å². The van der Waals surface area contributed by atoms with Crippen molar-refractivity contribution in [1.82, 2.24) is 8.75 Å². The summed E-state index contributed by atoms with van der Waals surface area (Å²) < 4.78 is 9.26. The molecule has 0 saturated heterocycles. The molecule has 0 saturated carbocycles. The van der Waals surface area contributed by atoms with Gasteiger partial charge in [0.05, 0.1) is 11.7 Å². The van der Waals surface area contributed by atoms with Crippen molar-refractivity contribution in [3.63, 3.8) is 0 Å². The number of hydrogen-bond donors (Lipinski definition) is 0. The largest absolute Gasteiger partial charge is 0.311 e. The second-order valence-electron chi connectivity index (χ2n) is 7.65. The van der Waals surface area contributed by atoms with E-state index in [1.54, 1.807) is 11.3 Å². The van der Waals surface area contributed by atoms with Crippen molar-refractivity contribution in [3.05, 3.63) is 115 Å². The highest BCUT2D eigenvalue weighted by atomic mass is 32.1. The minimum absolute atomic E-state index is 0.960. The number of nitrogens with zero attached hydrogens (tertiary/aromatic N) is 3. The van der Waals surface area contributed by atoms with Crippen LogP contribution in [0.2, 0.25) is 0 Å². The van der Waals surface area contributed by atoms with Crippen molar-refractivity contribution in [2.45, 2.75) is 0 Å². The summed E-state index contributed by atoms with van der Waals surface area (Å²) in [5.74, 6) is 0. The topological polar surface area (TPSA) is 29.0 Å². The van der Waals surface area contributed by atoms with Crippen LogP contribution in [0.5, 0.6) is 0 Å². The molecule has 0 spiro atoms. The number of fused-ring (bicyclic) bond motifs is 1. The molecule has 6 aromatic rings. The average Bonchev–Trinajstić information content (AvgIpc) is 3.59. The van der Waals surface area contributed by atoms with Gasteiger partial charge in [0.1, 0.15) is 11.0 Å². The van der Waals surface area contributed by atoms with Gasteiger partial charge in [-0.3, -0.25) is 0 Å². The first-order valence-corrected chi connectivity index (χ1v) is 12.3. The SMILES string of the molecule is c1ccc(N(c2ccccc2)c2ccc(-c3ccc(-c4cccs4)c4nsnc34)cc2)cc1. The summed E-state index contributed by atoms with van der Waals surface area (Å²) in [4.78, 5) is 3.49. The van der Waals surface area contributed by atoms with Gasteiger partial charge in [-0.05, 0) is 53.4 Å². The normalized spacial score (nSPS) is 11.0. The van der Waals surface area contributed by atoms with Crippen LogP contribution in [0.3, 0.4) is 0 Å². The summed E-state index contributed by atoms with van der Waals surface area (Å²) in [6, 6.07) is 38.1. The van der Waals surface area contributed by atoms with Crippen molar-refractivity contribution in [2.24, 2.45) is 0 Å². The molecule has 0 aliphatic heterocycles. The van der Waals surface area contributed by atoms with Crippen molar-refractivity contribution < 1.29 is 0 Å². The Labute approximate surface area is 200 Å². The Morgan fingerprint density at radius 2 is 1.09 bits per heavy atom. The van der Waals surface area contributed by atoms with Crippen LogP contribution in [0.15, 0.2) is 115 Å². The van der Waals surface area contributed by atoms with E-state index in [1.165, 1.54) is 16.6 Å². The monoisotopic (exact) mass is 461 g/mol. The number of rotatable bonds is 5. The van der Waals surface area contributed by atoms with Crippen LogP contribution in [0.25, 0.3) is 32.6 Å². The molecule has 2 aromatic heterocycles. The lowest BCUT2D eigenvalue weighted by atomic mass is 10.0. The zero-order chi connectivity index (χ0) is 22.0. The van der Waals surface area contributed by atoms with Crippen LogP contribution < -0.4 is 4.90 Å². The molecule has 4 aromatic carbocycles. The fourth-order valence-electron chi connectivity index (χ4n) is 4.12. The summed E-state index contributed by atoms with van der Waals surface area (Å²) in [6.07, 6.45) is 0. The Balaban J connectivity index is 1.42. The minimum Gasteiger partial charge on any atom is -0.311 e. The van der Waals surface area contributed by atoms with Gasteiger partial charge in [-0.1, -0.05) is 66.7 Å². The summed E-state index contributed by atoms with van der Waals surface area (Å²) >= 11 is 3.00. The van der Waals surface area contributed by atoms with E-state index >= 15 is 0 Å². The molecule has 0 aliphatic rings. The molecule has 0 bridgehead atoms. The molecule has 6 rings (SSSR count). The summed E-state index contributed by atoms with van der Waals surface area (Å²) in [6.45, 7) is 0. The van der Waals surface area contributed by atoms with Crippen LogP contribution in [0, 0.1) is 0 Å². The summed E-state index contributed by atoms with van der Waals surface area (Å²) in [7, 11) is 0. The van der Waals surface area contributed by atoms with E-state index in [2.05, 4.69) is 116 Å². The number of thiophene rings is 1. The Bertz CT molecular complexity index is 1450. The number of para-hydroxylation sites is 2. The van der Waals surface area contributed by atoms with Gasteiger partial charge in [0.2, 0.25) is 0 Å². The first kappa shape index (κ1) is 19.9. The van der Waals surface area contributed by atoms with Crippen molar-refractivity contribution >= 4 is 51.2 Å². The van der Waals surface area contributed by atoms with Crippen molar-refractivity contribution in [1.29, 1.82) is 0 Å². The molecule has 33 heavy (non-hydrogen) atoms. The zero-order valence-electron chi connectivity index (χ0n) is 17.6. The molecule has 0 N–H and O–H groups in total.